The zero-order valence-corrected chi connectivity index (χ0v) is 9.05. The molecule has 5 N–H and O–H groups in total. The van der Waals surface area contributed by atoms with Crippen molar-refractivity contribution in [2.24, 2.45) is 5.73 Å². The molecule has 0 aliphatic carbocycles. The Kier molecular flexibility index (Phi) is 2.91. The number of nitrogen functional groups attached to an aromatic ring is 1. The number of rotatable bonds is 3. The number of nitrogens with two attached hydrogens (primary N) is 2. The molecule has 1 amide bonds. The fourth-order valence-corrected chi connectivity index (χ4v) is 1.37. The van der Waals surface area contributed by atoms with E-state index < -0.39 is 5.91 Å². The number of carbonyl (C=O) groups is 1. The van der Waals surface area contributed by atoms with Crippen LogP contribution in [-0.2, 0) is 0 Å². The summed E-state index contributed by atoms with van der Waals surface area (Å²) in [6, 6.07) is 12.5. The molecule has 17 heavy (non-hydrogen) atoms. The third-order valence-corrected chi connectivity index (χ3v) is 2.22. The maximum absolute atomic E-state index is 11.0. The predicted octanol–water partition coefficient (Wildman–Crippen LogP) is 1.51. The number of aromatic nitrogens is 1. The van der Waals surface area contributed by atoms with E-state index in [1.807, 2.05) is 30.3 Å². The first-order chi connectivity index (χ1) is 8.16. The summed E-state index contributed by atoms with van der Waals surface area (Å²) in [5, 5.41) is 3.02. The predicted molar refractivity (Wildman–Crippen MR) is 66.9 cm³/mol. The van der Waals surface area contributed by atoms with Gasteiger partial charge in [-0.1, -0.05) is 18.2 Å². The van der Waals surface area contributed by atoms with Crippen LogP contribution in [0, 0.1) is 0 Å². The summed E-state index contributed by atoms with van der Waals surface area (Å²) in [5.41, 5.74) is 12.4. The van der Waals surface area contributed by atoms with Crippen molar-refractivity contribution >= 4 is 23.1 Å². The van der Waals surface area contributed by atoms with Crippen LogP contribution in [0.5, 0.6) is 0 Å². The third-order valence-electron chi connectivity index (χ3n) is 2.22. The molecule has 0 unspecified atom stereocenters. The van der Waals surface area contributed by atoms with E-state index in [9.17, 15) is 4.79 Å². The van der Waals surface area contributed by atoms with E-state index in [0.29, 0.717) is 11.5 Å². The number of carbonyl (C=O) groups excluding carboxylic acids is 1. The summed E-state index contributed by atoms with van der Waals surface area (Å²) < 4.78 is 0. The van der Waals surface area contributed by atoms with E-state index in [1.54, 1.807) is 6.07 Å². The lowest BCUT2D eigenvalue weighted by molar-refractivity contribution is 0.0996. The molecule has 0 bridgehead atoms. The highest BCUT2D eigenvalue weighted by atomic mass is 16.1. The Morgan fingerprint density at radius 2 is 1.82 bits per heavy atom. The smallest absolute Gasteiger partial charge is 0.267 e. The van der Waals surface area contributed by atoms with Gasteiger partial charge in [0, 0.05) is 5.69 Å². The van der Waals surface area contributed by atoms with Crippen molar-refractivity contribution < 1.29 is 4.79 Å². The Bertz CT molecular complexity index is 539. The van der Waals surface area contributed by atoms with Gasteiger partial charge in [0.15, 0.2) is 5.82 Å². The summed E-state index contributed by atoms with van der Waals surface area (Å²) in [6.45, 7) is 0. The van der Waals surface area contributed by atoms with Crippen molar-refractivity contribution in [2.45, 2.75) is 0 Å². The van der Waals surface area contributed by atoms with Crippen molar-refractivity contribution in [3.05, 3.63) is 48.2 Å². The standard InChI is InChI=1S/C12H12N4O/c13-9-6-7-10(11(14)17)16-12(9)15-8-4-2-1-3-5-8/h1-7H,13H2,(H2,14,17)(H,15,16). The Balaban J connectivity index is 2.32. The maximum atomic E-state index is 11.0. The molecule has 1 aromatic heterocycles. The van der Waals surface area contributed by atoms with Gasteiger partial charge in [-0.05, 0) is 24.3 Å². The number of amides is 1. The number of para-hydroxylation sites is 1. The Hall–Kier alpha value is -2.56. The van der Waals surface area contributed by atoms with E-state index >= 15 is 0 Å². The average molecular weight is 228 g/mol. The molecule has 0 saturated heterocycles. The second-order valence-electron chi connectivity index (χ2n) is 3.49. The van der Waals surface area contributed by atoms with Gasteiger partial charge in [0.1, 0.15) is 5.69 Å². The minimum Gasteiger partial charge on any atom is -0.396 e. The monoisotopic (exact) mass is 228 g/mol. The van der Waals surface area contributed by atoms with Gasteiger partial charge >= 0.3 is 0 Å². The van der Waals surface area contributed by atoms with Crippen LogP contribution in [0.1, 0.15) is 10.5 Å². The molecule has 1 aromatic carbocycles. The fraction of sp³-hybridized carbons (Fsp3) is 0. The van der Waals surface area contributed by atoms with Gasteiger partial charge in [-0.25, -0.2) is 4.98 Å². The van der Waals surface area contributed by atoms with Crippen LogP contribution in [0.25, 0.3) is 0 Å². The quantitative estimate of drug-likeness (QED) is 0.742. The van der Waals surface area contributed by atoms with E-state index in [0.717, 1.165) is 5.69 Å². The highest BCUT2D eigenvalue weighted by Gasteiger charge is 2.07. The highest BCUT2D eigenvalue weighted by molar-refractivity contribution is 5.92. The first-order valence-corrected chi connectivity index (χ1v) is 5.05. The van der Waals surface area contributed by atoms with Gasteiger partial charge in [0.25, 0.3) is 5.91 Å². The van der Waals surface area contributed by atoms with Crippen molar-refractivity contribution in [3.63, 3.8) is 0 Å². The van der Waals surface area contributed by atoms with E-state index in [-0.39, 0.29) is 5.69 Å². The molecule has 0 fully saturated rings. The zero-order valence-electron chi connectivity index (χ0n) is 9.05. The molecule has 2 rings (SSSR count). The first-order valence-electron chi connectivity index (χ1n) is 5.05. The summed E-state index contributed by atoms with van der Waals surface area (Å²) in [4.78, 5) is 15.1. The SMILES string of the molecule is NC(=O)c1ccc(N)c(Nc2ccccc2)n1. The van der Waals surface area contributed by atoms with Gasteiger partial charge in [0.2, 0.25) is 0 Å². The lowest BCUT2D eigenvalue weighted by atomic mass is 10.3. The number of hydrogen-bond acceptors (Lipinski definition) is 4. The van der Waals surface area contributed by atoms with Gasteiger partial charge in [0.05, 0.1) is 5.69 Å². The molecule has 0 aliphatic heterocycles. The number of anilines is 3. The number of pyridine rings is 1. The van der Waals surface area contributed by atoms with Crippen LogP contribution in [-0.4, -0.2) is 10.9 Å². The van der Waals surface area contributed by atoms with Crippen molar-refractivity contribution in [2.75, 3.05) is 11.1 Å². The molecule has 5 heteroatoms. The van der Waals surface area contributed by atoms with Crippen LogP contribution in [0.15, 0.2) is 42.5 Å². The van der Waals surface area contributed by atoms with Crippen molar-refractivity contribution in [3.8, 4) is 0 Å². The second-order valence-corrected chi connectivity index (χ2v) is 3.49. The second kappa shape index (κ2) is 4.52. The Morgan fingerprint density at radius 3 is 2.47 bits per heavy atom. The summed E-state index contributed by atoms with van der Waals surface area (Å²) in [5.74, 6) is -0.159. The normalized spacial score (nSPS) is 9.88. The molecule has 0 atom stereocenters. The lowest BCUT2D eigenvalue weighted by Crippen LogP contribution is -2.14. The van der Waals surface area contributed by atoms with Crippen LogP contribution in [0.2, 0.25) is 0 Å². The summed E-state index contributed by atoms with van der Waals surface area (Å²) >= 11 is 0. The molecule has 0 saturated carbocycles. The fourth-order valence-electron chi connectivity index (χ4n) is 1.37. The maximum Gasteiger partial charge on any atom is 0.267 e. The summed E-state index contributed by atoms with van der Waals surface area (Å²) in [6.07, 6.45) is 0. The van der Waals surface area contributed by atoms with Crippen molar-refractivity contribution in [1.82, 2.24) is 4.98 Å². The number of nitrogens with one attached hydrogen (secondary N) is 1. The largest absolute Gasteiger partial charge is 0.396 e. The topological polar surface area (TPSA) is 94.0 Å². The van der Waals surface area contributed by atoms with E-state index in [4.69, 9.17) is 11.5 Å². The zero-order chi connectivity index (χ0) is 12.3. The lowest BCUT2D eigenvalue weighted by Gasteiger charge is -2.08. The average Bonchev–Trinajstić information content (AvgIpc) is 2.33. The third kappa shape index (κ3) is 2.52. The van der Waals surface area contributed by atoms with E-state index in [2.05, 4.69) is 10.3 Å². The van der Waals surface area contributed by atoms with Crippen LogP contribution in [0.3, 0.4) is 0 Å². The Morgan fingerprint density at radius 1 is 1.12 bits per heavy atom. The van der Waals surface area contributed by atoms with Crippen LogP contribution < -0.4 is 16.8 Å². The molecule has 1 heterocycles. The number of nitrogens with zero attached hydrogens (tertiary/aromatic N) is 1. The number of hydrogen-bond donors (Lipinski definition) is 3. The van der Waals surface area contributed by atoms with Crippen LogP contribution in [0.4, 0.5) is 17.2 Å². The molecule has 2 aromatic rings. The van der Waals surface area contributed by atoms with Gasteiger partial charge < -0.3 is 16.8 Å². The molecular formula is C12H12N4O. The molecule has 0 spiro atoms. The number of primary amides is 1. The molecule has 5 nitrogen and oxygen atoms in total. The first kappa shape index (κ1) is 10.9. The van der Waals surface area contributed by atoms with Crippen molar-refractivity contribution in [1.29, 1.82) is 0 Å². The summed E-state index contributed by atoms with van der Waals surface area (Å²) in [7, 11) is 0. The highest BCUT2D eigenvalue weighted by Crippen LogP contribution is 2.20. The number of benzene rings is 1. The van der Waals surface area contributed by atoms with Gasteiger partial charge in [-0.15, -0.1) is 0 Å². The molecule has 0 radical (unpaired) electrons. The minimum atomic E-state index is -0.582. The Labute approximate surface area is 98.5 Å². The molecule has 86 valence electrons. The van der Waals surface area contributed by atoms with Gasteiger partial charge in [-0.3, -0.25) is 4.79 Å². The van der Waals surface area contributed by atoms with E-state index in [1.165, 1.54) is 6.07 Å². The van der Waals surface area contributed by atoms with Crippen LogP contribution >= 0.6 is 0 Å². The molecule has 0 aliphatic rings. The molecular weight excluding hydrogens is 216 g/mol. The minimum absolute atomic E-state index is 0.178. The van der Waals surface area contributed by atoms with Gasteiger partial charge in [-0.2, -0.15) is 0 Å².